The SMILES string of the molecule is CCCNCc1ccc(S(=O)(=O)NCC(C)C)cc1Cl. The van der Waals surface area contributed by atoms with Crippen molar-refractivity contribution < 1.29 is 8.42 Å². The van der Waals surface area contributed by atoms with Crippen molar-refractivity contribution in [2.24, 2.45) is 5.92 Å². The number of hydrogen-bond acceptors (Lipinski definition) is 3. The molecule has 0 aliphatic carbocycles. The molecule has 0 radical (unpaired) electrons. The highest BCUT2D eigenvalue weighted by Gasteiger charge is 2.15. The quantitative estimate of drug-likeness (QED) is 0.725. The molecule has 0 saturated heterocycles. The standard InChI is InChI=1S/C14H23ClN2O2S/c1-4-7-16-10-12-5-6-13(8-14(12)15)20(18,19)17-9-11(2)3/h5-6,8,11,16-17H,4,7,9-10H2,1-3H3. The van der Waals surface area contributed by atoms with Crippen LogP contribution in [0.5, 0.6) is 0 Å². The van der Waals surface area contributed by atoms with E-state index in [1.807, 2.05) is 13.8 Å². The van der Waals surface area contributed by atoms with Gasteiger partial charge in [0.25, 0.3) is 0 Å². The summed E-state index contributed by atoms with van der Waals surface area (Å²) in [4.78, 5) is 0.211. The lowest BCUT2D eigenvalue weighted by atomic mass is 10.2. The van der Waals surface area contributed by atoms with Crippen molar-refractivity contribution in [1.29, 1.82) is 0 Å². The van der Waals surface area contributed by atoms with Crippen molar-refractivity contribution in [2.45, 2.75) is 38.6 Å². The van der Waals surface area contributed by atoms with Crippen LogP contribution in [0.25, 0.3) is 0 Å². The van der Waals surface area contributed by atoms with Gasteiger partial charge in [-0.1, -0.05) is 38.4 Å². The minimum atomic E-state index is -3.47. The Balaban J connectivity index is 2.80. The number of benzene rings is 1. The molecule has 4 nitrogen and oxygen atoms in total. The molecule has 0 bridgehead atoms. The van der Waals surface area contributed by atoms with E-state index in [1.54, 1.807) is 12.1 Å². The van der Waals surface area contributed by atoms with E-state index >= 15 is 0 Å². The van der Waals surface area contributed by atoms with E-state index in [0.717, 1.165) is 18.5 Å². The number of rotatable bonds is 8. The fraction of sp³-hybridized carbons (Fsp3) is 0.571. The molecule has 114 valence electrons. The highest BCUT2D eigenvalue weighted by atomic mass is 35.5. The smallest absolute Gasteiger partial charge is 0.240 e. The van der Waals surface area contributed by atoms with Gasteiger partial charge in [0.05, 0.1) is 4.90 Å². The van der Waals surface area contributed by atoms with Crippen molar-refractivity contribution in [3.63, 3.8) is 0 Å². The molecule has 0 unspecified atom stereocenters. The molecular formula is C14H23ClN2O2S. The second-order valence-corrected chi connectivity index (χ2v) is 7.35. The average Bonchev–Trinajstić information content (AvgIpc) is 2.38. The lowest BCUT2D eigenvalue weighted by Gasteiger charge is -2.11. The minimum absolute atomic E-state index is 0.211. The van der Waals surface area contributed by atoms with E-state index in [0.29, 0.717) is 18.1 Å². The van der Waals surface area contributed by atoms with E-state index < -0.39 is 10.0 Å². The van der Waals surface area contributed by atoms with Crippen molar-refractivity contribution in [1.82, 2.24) is 10.0 Å². The number of hydrogen-bond donors (Lipinski definition) is 2. The Hall–Kier alpha value is -0.620. The first-order chi connectivity index (χ1) is 9.36. The van der Waals surface area contributed by atoms with Gasteiger partial charge in [-0.05, 0) is 36.6 Å². The van der Waals surface area contributed by atoms with Crippen molar-refractivity contribution in [3.8, 4) is 0 Å². The van der Waals surface area contributed by atoms with E-state index in [-0.39, 0.29) is 10.8 Å². The molecule has 2 N–H and O–H groups in total. The van der Waals surface area contributed by atoms with Gasteiger partial charge >= 0.3 is 0 Å². The fourth-order valence-corrected chi connectivity index (χ4v) is 3.15. The summed E-state index contributed by atoms with van der Waals surface area (Å²) in [5, 5.41) is 3.71. The van der Waals surface area contributed by atoms with Gasteiger partial charge in [0.2, 0.25) is 10.0 Å². The third kappa shape index (κ3) is 5.40. The Morgan fingerprint density at radius 3 is 2.55 bits per heavy atom. The van der Waals surface area contributed by atoms with Gasteiger partial charge in [-0.15, -0.1) is 0 Å². The summed E-state index contributed by atoms with van der Waals surface area (Å²) in [5.41, 5.74) is 0.905. The maximum Gasteiger partial charge on any atom is 0.240 e. The van der Waals surface area contributed by atoms with Crippen molar-refractivity contribution >= 4 is 21.6 Å². The fourth-order valence-electron chi connectivity index (χ4n) is 1.60. The molecule has 6 heteroatoms. The van der Waals surface area contributed by atoms with Crippen molar-refractivity contribution in [3.05, 3.63) is 28.8 Å². The molecule has 0 heterocycles. The van der Waals surface area contributed by atoms with Crippen LogP contribution in [-0.4, -0.2) is 21.5 Å². The molecular weight excluding hydrogens is 296 g/mol. The third-order valence-corrected chi connectivity index (χ3v) is 4.53. The van der Waals surface area contributed by atoms with Crippen LogP contribution in [0.3, 0.4) is 0 Å². The molecule has 0 saturated carbocycles. The second kappa shape index (κ2) is 7.98. The summed E-state index contributed by atoms with van der Waals surface area (Å²) in [7, 11) is -3.47. The molecule has 0 aliphatic rings. The average molecular weight is 319 g/mol. The largest absolute Gasteiger partial charge is 0.313 e. The molecule has 1 aromatic rings. The maximum absolute atomic E-state index is 12.1. The summed E-state index contributed by atoms with van der Waals surface area (Å²) >= 11 is 6.14. The molecule has 0 amide bonds. The van der Waals surface area contributed by atoms with Crippen molar-refractivity contribution in [2.75, 3.05) is 13.1 Å². The van der Waals surface area contributed by atoms with Gasteiger partial charge in [-0.2, -0.15) is 0 Å². The van der Waals surface area contributed by atoms with Crippen LogP contribution in [0, 0.1) is 5.92 Å². The van der Waals surface area contributed by atoms with Gasteiger partial charge in [-0.3, -0.25) is 0 Å². The molecule has 0 spiro atoms. The Labute approximate surface area is 127 Å². The zero-order valence-corrected chi connectivity index (χ0v) is 13.8. The van der Waals surface area contributed by atoms with Crippen LogP contribution in [0.2, 0.25) is 5.02 Å². The predicted octanol–water partition coefficient (Wildman–Crippen LogP) is 2.77. The van der Waals surface area contributed by atoms with Gasteiger partial charge in [-0.25, -0.2) is 13.1 Å². The molecule has 20 heavy (non-hydrogen) atoms. The minimum Gasteiger partial charge on any atom is -0.313 e. The van der Waals surface area contributed by atoms with Crippen LogP contribution >= 0.6 is 11.6 Å². The molecule has 1 rings (SSSR count). The van der Waals surface area contributed by atoms with Crippen LogP contribution in [0.15, 0.2) is 23.1 Å². The number of nitrogens with one attached hydrogen (secondary N) is 2. The Morgan fingerprint density at radius 2 is 2.00 bits per heavy atom. The highest BCUT2D eigenvalue weighted by Crippen LogP contribution is 2.20. The number of sulfonamides is 1. The van der Waals surface area contributed by atoms with Gasteiger partial charge in [0, 0.05) is 18.1 Å². The van der Waals surface area contributed by atoms with E-state index in [2.05, 4.69) is 17.0 Å². The highest BCUT2D eigenvalue weighted by molar-refractivity contribution is 7.89. The van der Waals surface area contributed by atoms with Gasteiger partial charge < -0.3 is 5.32 Å². The zero-order chi connectivity index (χ0) is 15.2. The Morgan fingerprint density at radius 1 is 1.30 bits per heavy atom. The first kappa shape index (κ1) is 17.4. The summed E-state index contributed by atoms with van der Waals surface area (Å²) in [6.07, 6.45) is 1.04. The molecule has 0 atom stereocenters. The summed E-state index contributed by atoms with van der Waals surface area (Å²) < 4.78 is 26.7. The second-order valence-electron chi connectivity index (χ2n) is 5.18. The lowest BCUT2D eigenvalue weighted by Crippen LogP contribution is -2.27. The van der Waals surface area contributed by atoms with Gasteiger partial charge in [0.1, 0.15) is 0 Å². The Kier molecular flexibility index (Phi) is 6.95. The van der Waals surface area contributed by atoms with Crippen LogP contribution in [0.1, 0.15) is 32.8 Å². The molecule has 0 aliphatic heterocycles. The molecule has 0 fully saturated rings. The Bertz CT molecular complexity index is 530. The first-order valence-corrected chi connectivity index (χ1v) is 8.71. The first-order valence-electron chi connectivity index (χ1n) is 6.85. The van der Waals surface area contributed by atoms with E-state index in [1.165, 1.54) is 6.07 Å². The van der Waals surface area contributed by atoms with Crippen LogP contribution in [-0.2, 0) is 16.6 Å². The topological polar surface area (TPSA) is 58.2 Å². The maximum atomic E-state index is 12.1. The molecule has 1 aromatic carbocycles. The summed E-state index contributed by atoms with van der Waals surface area (Å²) in [5.74, 6) is 0.262. The van der Waals surface area contributed by atoms with Gasteiger partial charge in [0.15, 0.2) is 0 Å². The van der Waals surface area contributed by atoms with Crippen LogP contribution < -0.4 is 10.0 Å². The normalized spacial score (nSPS) is 12.1. The predicted molar refractivity (Wildman–Crippen MR) is 83.5 cm³/mol. The van der Waals surface area contributed by atoms with E-state index in [4.69, 9.17) is 11.6 Å². The number of halogens is 1. The summed E-state index contributed by atoms with van der Waals surface area (Å²) in [6.45, 7) is 7.97. The van der Waals surface area contributed by atoms with Crippen LogP contribution in [0.4, 0.5) is 0 Å². The lowest BCUT2D eigenvalue weighted by molar-refractivity contribution is 0.560. The zero-order valence-electron chi connectivity index (χ0n) is 12.2. The monoisotopic (exact) mass is 318 g/mol. The third-order valence-electron chi connectivity index (χ3n) is 2.76. The van der Waals surface area contributed by atoms with E-state index in [9.17, 15) is 8.42 Å². The summed E-state index contributed by atoms with van der Waals surface area (Å²) in [6, 6.07) is 4.86. The molecule has 0 aromatic heterocycles.